The molecule has 1 saturated heterocycles. The number of nitrogens with one attached hydrogen (secondary N) is 2. The van der Waals surface area contributed by atoms with Crippen molar-refractivity contribution in [2.75, 3.05) is 50.6 Å². The summed E-state index contributed by atoms with van der Waals surface area (Å²) in [6.07, 6.45) is 0. The Balaban J connectivity index is 1.43. The summed E-state index contributed by atoms with van der Waals surface area (Å²) in [5, 5.41) is 7.97. The fraction of sp³-hybridized carbons (Fsp3) is 0.357. The molecule has 0 saturated carbocycles. The third kappa shape index (κ3) is 6.00. The Bertz CT molecular complexity index is 1570. The Morgan fingerprint density at radius 1 is 0.949 bits per heavy atom. The number of piperazine rings is 1. The fourth-order valence-electron chi connectivity index (χ4n) is 4.63. The van der Waals surface area contributed by atoms with E-state index in [1.54, 1.807) is 37.4 Å². The number of hydrogen-bond donors (Lipinski definition) is 2. The molecule has 2 N–H and O–H groups in total. The number of anilines is 3. The van der Waals surface area contributed by atoms with Crippen molar-refractivity contribution in [2.45, 2.75) is 31.2 Å². The molecule has 0 bridgehead atoms. The van der Waals surface area contributed by atoms with E-state index in [9.17, 15) is 8.42 Å². The second-order valence-electron chi connectivity index (χ2n) is 10.8. The minimum absolute atomic E-state index is 0.0633. The van der Waals surface area contributed by atoms with Crippen molar-refractivity contribution < 1.29 is 13.2 Å². The summed E-state index contributed by atoms with van der Waals surface area (Å²) >= 11 is 0. The molecule has 0 aliphatic carbocycles. The molecule has 1 fully saturated rings. The van der Waals surface area contributed by atoms with Gasteiger partial charge < -0.3 is 19.9 Å². The van der Waals surface area contributed by atoms with Crippen LogP contribution in [-0.2, 0) is 10.0 Å². The number of sulfonamides is 1. The van der Waals surface area contributed by atoms with Gasteiger partial charge in [0.1, 0.15) is 10.6 Å². The number of likely N-dealkylation sites (N-methyl/N-ethyl adjacent to an activating group) is 1. The zero-order chi connectivity index (χ0) is 27.8. The highest BCUT2D eigenvalue weighted by atomic mass is 32.2. The molecule has 2 aromatic heterocycles. The molecule has 2 aromatic carbocycles. The maximum absolute atomic E-state index is 13.2. The van der Waals surface area contributed by atoms with Gasteiger partial charge in [-0.25, -0.2) is 17.7 Å². The molecule has 0 unspecified atom stereocenters. The zero-order valence-electron chi connectivity index (χ0n) is 23.0. The van der Waals surface area contributed by atoms with Crippen LogP contribution < -0.4 is 19.7 Å². The summed E-state index contributed by atoms with van der Waals surface area (Å²) in [5.74, 6) is 0.717. The number of benzene rings is 2. The van der Waals surface area contributed by atoms with E-state index in [0.29, 0.717) is 22.9 Å². The van der Waals surface area contributed by atoms with Crippen molar-refractivity contribution in [1.29, 1.82) is 0 Å². The van der Waals surface area contributed by atoms with E-state index in [4.69, 9.17) is 4.74 Å². The quantitative estimate of drug-likeness (QED) is 0.357. The van der Waals surface area contributed by atoms with Crippen LogP contribution in [0.4, 0.5) is 17.3 Å². The molecule has 0 radical (unpaired) electrons. The van der Waals surface area contributed by atoms with Crippen molar-refractivity contribution in [3.63, 3.8) is 0 Å². The number of fused-ring (bicyclic) bond motifs is 1. The van der Waals surface area contributed by atoms with Crippen LogP contribution in [0.1, 0.15) is 20.8 Å². The molecule has 39 heavy (non-hydrogen) atoms. The molecule has 1 aliphatic heterocycles. The maximum atomic E-state index is 13.2. The highest BCUT2D eigenvalue weighted by molar-refractivity contribution is 7.89. The van der Waals surface area contributed by atoms with E-state index in [1.165, 1.54) is 12.8 Å². The number of pyridine rings is 1. The number of ether oxygens (including phenoxy) is 1. The Morgan fingerprint density at radius 3 is 2.33 bits per heavy atom. The summed E-state index contributed by atoms with van der Waals surface area (Å²) in [7, 11) is -0.226. The molecule has 3 heterocycles. The van der Waals surface area contributed by atoms with Crippen molar-refractivity contribution in [2.24, 2.45) is 0 Å². The minimum Gasteiger partial charge on any atom is -0.495 e. The maximum Gasteiger partial charge on any atom is 0.247 e. The van der Waals surface area contributed by atoms with Gasteiger partial charge in [0, 0.05) is 48.7 Å². The molecular formula is C28H35N7O3S. The van der Waals surface area contributed by atoms with Gasteiger partial charge >= 0.3 is 0 Å². The summed E-state index contributed by atoms with van der Waals surface area (Å²) in [5.41, 5.74) is 3.45. The first kappa shape index (κ1) is 26.9. The summed E-state index contributed by atoms with van der Waals surface area (Å²) < 4.78 is 36.1. The van der Waals surface area contributed by atoms with Crippen LogP contribution in [0.25, 0.3) is 16.9 Å². The van der Waals surface area contributed by atoms with Gasteiger partial charge in [0.05, 0.1) is 12.8 Å². The van der Waals surface area contributed by atoms with Crippen LogP contribution in [0.15, 0.2) is 65.6 Å². The number of methoxy groups -OCH3 is 1. The average molecular weight is 550 g/mol. The van der Waals surface area contributed by atoms with Crippen molar-refractivity contribution >= 4 is 33.0 Å². The average Bonchev–Trinajstić information content (AvgIpc) is 3.30. The zero-order valence-corrected chi connectivity index (χ0v) is 23.8. The van der Waals surface area contributed by atoms with Crippen LogP contribution in [0, 0.1) is 0 Å². The van der Waals surface area contributed by atoms with Crippen LogP contribution in [0.3, 0.4) is 0 Å². The lowest BCUT2D eigenvalue weighted by molar-refractivity contribution is 0.313. The van der Waals surface area contributed by atoms with Crippen molar-refractivity contribution in [1.82, 2.24) is 24.2 Å². The van der Waals surface area contributed by atoms with Gasteiger partial charge in [0.25, 0.3) is 0 Å². The molecular weight excluding hydrogens is 514 g/mol. The lowest BCUT2D eigenvalue weighted by atomic mass is 10.1. The summed E-state index contributed by atoms with van der Waals surface area (Å²) in [4.78, 5) is 9.43. The standard InChI is InChI=1S/C28H35N7O3S/c1-28(2,3)32-39(36,37)25-19-20(9-14-24(25)38-5)23-7-6-8-26-30-27(31-35(23)26)29-21-10-12-22(13-11-21)34-17-15-33(4)16-18-34/h6-14,19,32H,15-18H2,1-5H3,(H,29,31). The summed E-state index contributed by atoms with van der Waals surface area (Å²) in [6.45, 7) is 9.54. The number of nitrogens with zero attached hydrogens (tertiary/aromatic N) is 5. The molecule has 0 atom stereocenters. The van der Waals surface area contributed by atoms with Crippen LogP contribution >= 0.6 is 0 Å². The predicted molar refractivity (Wildman–Crippen MR) is 154 cm³/mol. The van der Waals surface area contributed by atoms with E-state index < -0.39 is 15.6 Å². The van der Waals surface area contributed by atoms with E-state index in [1.807, 2.05) is 36.4 Å². The van der Waals surface area contributed by atoms with Crippen molar-refractivity contribution in [3.05, 3.63) is 60.7 Å². The Hall–Kier alpha value is -3.67. The smallest absolute Gasteiger partial charge is 0.247 e. The Kier molecular flexibility index (Phi) is 7.23. The first-order chi connectivity index (χ1) is 18.5. The van der Waals surface area contributed by atoms with Gasteiger partial charge in [-0.3, -0.25) is 0 Å². The Morgan fingerprint density at radius 2 is 1.67 bits per heavy atom. The van der Waals surface area contributed by atoms with Crippen molar-refractivity contribution in [3.8, 4) is 17.0 Å². The van der Waals surface area contributed by atoms with E-state index in [0.717, 1.165) is 31.9 Å². The molecule has 0 spiro atoms. The lowest BCUT2D eigenvalue weighted by Crippen LogP contribution is -2.44. The molecule has 1 aliphatic rings. The second kappa shape index (κ2) is 10.5. The fourth-order valence-corrected chi connectivity index (χ4v) is 6.24. The van der Waals surface area contributed by atoms with Crippen LogP contribution in [-0.4, -0.2) is 73.8 Å². The first-order valence-corrected chi connectivity index (χ1v) is 14.4. The number of rotatable bonds is 7. The predicted octanol–water partition coefficient (Wildman–Crippen LogP) is 3.98. The molecule has 10 nitrogen and oxygen atoms in total. The monoisotopic (exact) mass is 549 g/mol. The second-order valence-corrected chi connectivity index (χ2v) is 12.5. The van der Waals surface area contributed by atoms with Gasteiger partial charge in [-0.05, 0) is 82.4 Å². The normalized spacial score (nSPS) is 15.1. The van der Waals surface area contributed by atoms with Crippen LogP contribution in [0.5, 0.6) is 5.75 Å². The number of aromatic nitrogens is 3. The third-order valence-corrected chi connectivity index (χ3v) is 8.32. The topological polar surface area (TPSA) is 104 Å². The molecule has 5 rings (SSSR count). The van der Waals surface area contributed by atoms with Gasteiger partial charge in [-0.2, -0.15) is 4.98 Å². The molecule has 206 valence electrons. The van der Waals surface area contributed by atoms with E-state index in [-0.39, 0.29) is 10.6 Å². The molecule has 0 amide bonds. The summed E-state index contributed by atoms with van der Waals surface area (Å²) in [6, 6.07) is 19.0. The van der Waals surface area contributed by atoms with E-state index >= 15 is 0 Å². The first-order valence-electron chi connectivity index (χ1n) is 12.9. The minimum atomic E-state index is -3.83. The van der Waals surface area contributed by atoms with Gasteiger partial charge in [0.15, 0.2) is 5.65 Å². The lowest BCUT2D eigenvalue weighted by Gasteiger charge is -2.34. The number of hydrogen-bond acceptors (Lipinski definition) is 8. The van der Waals surface area contributed by atoms with Gasteiger partial charge in [-0.15, -0.1) is 5.10 Å². The van der Waals surface area contributed by atoms with E-state index in [2.05, 4.69) is 49.1 Å². The molecule has 11 heteroatoms. The molecule has 4 aromatic rings. The largest absolute Gasteiger partial charge is 0.495 e. The highest BCUT2D eigenvalue weighted by Crippen LogP contribution is 2.31. The third-order valence-electron chi connectivity index (χ3n) is 6.54. The van der Waals surface area contributed by atoms with Crippen LogP contribution in [0.2, 0.25) is 0 Å². The van der Waals surface area contributed by atoms with Gasteiger partial charge in [0.2, 0.25) is 16.0 Å². The SMILES string of the molecule is COc1ccc(-c2cccc3nc(Nc4ccc(N5CCN(C)CC5)cc4)nn23)cc1S(=O)(=O)NC(C)(C)C. The van der Waals surface area contributed by atoms with Gasteiger partial charge in [-0.1, -0.05) is 6.07 Å². The highest BCUT2D eigenvalue weighted by Gasteiger charge is 2.26. The Labute approximate surface area is 229 Å².